The summed E-state index contributed by atoms with van der Waals surface area (Å²) in [6.45, 7) is 0.456. The zero-order valence-corrected chi connectivity index (χ0v) is 16.8. The zero-order valence-electron chi connectivity index (χ0n) is 15.2. The number of benzene rings is 1. The molecule has 4 aromatic rings. The highest BCUT2D eigenvalue weighted by Gasteiger charge is 2.16. The molecular weight excluding hydrogens is 406 g/mol. The van der Waals surface area contributed by atoms with Crippen molar-refractivity contribution in [2.75, 3.05) is 5.32 Å². The van der Waals surface area contributed by atoms with Gasteiger partial charge < -0.3 is 5.32 Å². The Kier molecular flexibility index (Phi) is 5.88. The highest BCUT2D eigenvalue weighted by atomic mass is 35.5. The number of hydrogen-bond acceptors (Lipinski definition) is 5. The van der Waals surface area contributed by atoms with Crippen LogP contribution in [0.3, 0.4) is 0 Å². The van der Waals surface area contributed by atoms with Gasteiger partial charge in [0, 0.05) is 23.4 Å². The molecule has 0 fully saturated rings. The Morgan fingerprint density at radius 2 is 1.79 bits per heavy atom. The zero-order chi connectivity index (χ0) is 20.1. The summed E-state index contributed by atoms with van der Waals surface area (Å²) in [5.41, 5.74) is 1.31. The predicted octanol–water partition coefficient (Wildman–Crippen LogP) is 4.78. The molecule has 0 spiro atoms. The molecule has 29 heavy (non-hydrogen) atoms. The summed E-state index contributed by atoms with van der Waals surface area (Å²) in [7, 11) is 0. The first-order valence-corrected chi connectivity index (χ1v) is 10.0. The van der Waals surface area contributed by atoms with E-state index in [0.717, 1.165) is 10.6 Å². The minimum Gasteiger partial charge on any atom is -0.307 e. The first-order valence-electron chi connectivity index (χ1n) is 8.81. The van der Waals surface area contributed by atoms with Crippen LogP contribution < -0.4 is 5.32 Å². The van der Waals surface area contributed by atoms with E-state index in [-0.39, 0.29) is 5.91 Å². The molecule has 8 heteroatoms. The summed E-state index contributed by atoms with van der Waals surface area (Å²) >= 11 is 7.60. The first kappa shape index (κ1) is 19.2. The Hall–Kier alpha value is -3.16. The van der Waals surface area contributed by atoms with Crippen molar-refractivity contribution in [3.63, 3.8) is 0 Å². The number of anilines is 1. The van der Waals surface area contributed by atoms with Gasteiger partial charge in [0.1, 0.15) is 10.8 Å². The lowest BCUT2D eigenvalue weighted by molar-refractivity contribution is 0.102. The number of aromatic nitrogens is 4. The van der Waals surface area contributed by atoms with Crippen molar-refractivity contribution in [1.29, 1.82) is 0 Å². The van der Waals surface area contributed by atoms with E-state index in [0.29, 0.717) is 28.0 Å². The molecule has 4 rings (SSSR count). The van der Waals surface area contributed by atoms with Gasteiger partial charge in [0.25, 0.3) is 5.91 Å². The van der Waals surface area contributed by atoms with E-state index in [1.54, 1.807) is 41.5 Å². The van der Waals surface area contributed by atoms with Crippen LogP contribution in [-0.2, 0) is 6.54 Å². The van der Waals surface area contributed by atoms with Crippen LogP contribution in [0.1, 0.15) is 16.1 Å². The average molecular weight is 422 g/mol. The molecule has 0 saturated carbocycles. The fourth-order valence-electron chi connectivity index (χ4n) is 2.67. The maximum Gasteiger partial charge on any atom is 0.259 e. The number of hydrogen-bond donors (Lipinski definition) is 1. The van der Waals surface area contributed by atoms with Crippen molar-refractivity contribution in [2.24, 2.45) is 0 Å². The van der Waals surface area contributed by atoms with Crippen LogP contribution in [0.4, 0.5) is 5.82 Å². The lowest BCUT2D eigenvalue weighted by Crippen LogP contribution is -2.17. The van der Waals surface area contributed by atoms with Crippen molar-refractivity contribution >= 4 is 35.1 Å². The molecule has 1 amide bonds. The number of rotatable bonds is 6. The van der Waals surface area contributed by atoms with Gasteiger partial charge in [0.2, 0.25) is 0 Å². The van der Waals surface area contributed by atoms with Crippen molar-refractivity contribution in [3.05, 3.63) is 95.5 Å². The van der Waals surface area contributed by atoms with Crippen molar-refractivity contribution in [3.8, 4) is 0 Å². The van der Waals surface area contributed by atoms with Gasteiger partial charge in [0.15, 0.2) is 0 Å². The summed E-state index contributed by atoms with van der Waals surface area (Å²) in [6.07, 6.45) is 5.02. The van der Waals surface area contributed by atoms with Crippen LogP contribution in [0.2, 0.25) is 5.02 Å². The van der Waals surface area contributed by atoms with Crippen molar-refractivity contribution < 1.29 is 4.79 Å². The predicted molar refractivity (Wildman–Crippen MR) is 113 cm³/mol. The fraction of sp³-hybridized carbons (Fsp3) is 0.0476. The van der Waals surface area contributed by atoms with Crippen LogP contribution in [0, 0.1) is 0 Å². The summed E-state index contributed by atoms with van der Waals surface area (Å²) in [6, 6.07) is 18.4. The second-order valence-electron chi connectivity index (χ2n) is 6.04. The molecule has 144 valence electrons. The number of carbonyl (C=O) groups is 1. The molecule has 3 heterocycles. The van der Waals surface area contributed by atoms with Gasteiger partial charge in [-0.2, -0.15) is 5.10 Å². The third-order valence-corrected chi connectivity index (χ3v) is 5.59. The molecule has 0 saturated heterocycles. The third-order valence-electron chi connectivity index (χ3n) is 4.06. The molecule has 6 nitrogen and oxygen atoms in total. The van der Waals surface area contributed by atoms with Crippen LogP contribution in [0.25, 0.3) is 0 Å². The molecule has 3 aromatic heterocycles. The van der Waals surface area contributed by atoms with E-state index >= 15 is 0 Å². The van der Waals surface area contributed by atoms with Crippen molar-refractivity contribution in [2.45, 2.75) is 16.5 Å². The van der Waals surface area contributed by atoms with Gasteiger partial charge in [-0.15, -0.1) is 0 Å². The van der Waals surface area contributed by atoms with Crippen LogP contribution in [-0.4, -0.2) is 25.7 Å². The van der Waals surface area contributed by atoms with Gasteiger partial charge in [-0.3, -0.25) is 9.78 Å². The summed E-state index contributed by atoms with van der Waals surface area (Å²) in [4.78, 5) is 22.5. The van der Waals surface area contributed by atoms with Crippen LogP contribution in [0.15, 0.2) is 89.2 Å². The van der Waals surface area contributed by atoms with Crippen LogP contribution >= 0.6 is 23.4 Å². The van der Waals surface area contributed by atoms with E-state index in [1.807, 2.05) is 42.5 Å². The third kappa shape index (κ3) is 4.64. The molecule has 0 aliphatic heterocycles. The molecule has 0 atom stereocenters. The highest BCUT2D eigenvalue weighted by Crippen LogP contribution is 2.33. The van der Waals surface area contributed by atoms with Crippen LogP contribution in [0.5, 0.6) is 0 Å². The first-order chi connectivity index (χ1) is 14.2. The van der Waals surface area contributed by atoms with Gasteiger partial charge in [-0.05, 0) is 36.4 Å². The second kappa shape index (κ2) is 8.89. The quantitative estimate of drug-likeness (QED) is 0.485. The van der Waals surface area contributed by atoms with E-state index in [2.05, 4.69) is 20.4 Å². The summed E-state index contributed by atoms with van der Waals surface area (Å²) < 4.78 is 1.69. The number of nitrogens with one attached hydrogen (secondary N) is 1. The minimum atomic E-state index is -0.268. The second-order valence-corrected chi connectivity index (χ2v) is 7.48. The fourth-order valence-corrected chi connectivity index (χ4v) is 3.83. The molecule has 0 aliphatic rings. The summed E-state index contributed by atoms with van der Waals surface area (Å²) in [5.74, 6) is 0.314. The normalized spacial score (nSPS) is 10.7. The molecule has 0 unspecified atom stereocenters. The Morgan fingerprint density at radius 1 is 0.966 bits per heavy atom. The Balaban J connectivity index is 1.55. The van der Waals surface area contributed by atoms with Gasteiger partial charge in [0.05, 0.1) is 29.0 Å². The molecule has 1 N–H and O–H groups in total. The number of carbonyl (C=O) groups excluding carboxylic acids is 1. The lowest BCUT2D eigenvalue weighted by atomic mass is 10.2. The Bertz CT molecular complexity index is 1130. The Labute approximate surface area is 177 Å². The largest absolute Gasteiger partial charge is 0.307 e. The monoisotopic (exact) mass is 421 g/mol. The molecule has 0 radical (unpaired) electrons. The number of nitrogens with zero attached hydrogens (tertiary/aromatic N) is 4. The summed E-state index contributed by atoms with van der Waals surface area (Å²) in [5, 5.41) is 8.39. The molecular formula is C21H16ClN5OS. The number of pyridine rings is 2. The van der Waals surface area contributed by atoms with Crippen molar-refractivity contribution in [1.82, 2.24) is 19.7 Å². The topological polar surface area (TPSA) is 72.7 Å². The van der Waals surface area contributed by atoms with E-state index < -0.39 is 0 Å². The van der Waals surface area contributed by atoms with E-state index in [1.165, 1.54) is 11.8 Å². The lowest BCUT2D eigenvalue weighted by Gasteiger charge is -2.11. The van der Waals surface area contributed by atoms with E-state index in [4.69, 9.17) is 11.6 Å². The smallest absolute Gasteiger partial charge is 0.259 e. The van der Waals surface area contributed by atoms with Gasteiger partial charge in [-0.25, -0.2) is 9.67 Å². The highest BCUT2D eigenvalue weighted by molar-refractivity contribution is 7.99. The molecule has 0 bridgehead atoms. The van der Waals surface area contributed by atoms with Gasteiger partial charge >= 0.3 is 0 Å². The maximum atomic E-state index is 13.0. The number of halogens is 1. The average Bonchev–Trinajstić information content (AvgIpc) is 3.17. The Morgan fingerprint density at radius 3 is 2.62 bits per heavy atom. The maximum absolute atomic E-state index is 13.0. The molecule has 0 aliphatic carbocycles. The van der Waals surface area contributed by atoms with Gasteiger partial charge in [-0.1, -0.05) is 41.6 Å². The molecule has 1 aromatic carbocycles. The van der Waals surface area contributed by atoms with E-state index in [9.17, 15) is 4.79 Å². The minimum absolute atomic E-state index is 0.268. The standard InChI is InChI=1S/C21H16ClN5OS/c22-17-8-1-2-9-18(17)29-21-16(7-5-12-24-21)20(28)26-19-10-13-25-27(19)14-15-6-3-4-11-23-15/h1-13H,14H2,(H,26,28). The number of amides is 1. The SMILES string of the molecule is O=C(Nc1ccnn1Cc1ccccn1)c1cccnc1Sc1ccccc1Cl.